The van der Waals surface area contributed by atoms with E-state index in [1.165, 1.54) is 119 Å². The van der Waals surface area contributed by atoms with Gasteiger partial charge in [-0.2, -0.15) is 0 Å². The summed E-state index contributed by atoms with van der Waals surface area (Å²) in [5.74, 6) is 0. The van der Waals surface area contributed by atoms with Crippen LogP contribution in [0.4, 0.5) is 0 Å². The number of pyridine rings is 2. The summed E-state index contributed by atoms with van der Waals surface area (Å²) in [4.78, 5) is 15.9. The third kappa shape index (κ3) is 10.2. The molecular formula is C50H64N2S2. The van der Waals surface area contributed by atoms with Crippen molar-refractivity contribution in [3.8, 4) is 21.1 Å². The number of hydrogen-bond acceptors (Lipinski definition) is 4. The molecule has 4 aromatic heterocycles. The van der Waals surface area contributed by atoms with E-state index in [9.17, 15) is 0 Å². The number of nitrogens with zero attached hydrogens (tertiary/aromatic N) is 2. The molecule has 1 aromatic carbocycles. The van der Waals surface area contributed by atoms with Gasteiger partial charge in [0, 0.05) is 20.6 Å². The predicted octanol–water partition coefficient (Wildman–Crippen LogP) is 15.8. The van der Waals surface area contributed by atoms with Gasteiger partial charge in [0.05, 0.1) is 32.2 Å². The van der Waals surface area contributed by atoms with E-state index in [0.29, 0.717) is 0 Å². The number of aryl methyl sites for hydroxylation is 2. The summed E-state index contributed by atoms with van der Waals surface area (Å²) in [5, 5.41) is 0. The normalized spacial score (nSPS) is 12.4. The summed E-state index contributed by atoms with van der Waals surface area (Å²) < 4.78 is 0. The first-order valence-corrected chi connectivity index (χ1v) is 22.3. The molecule has 0 N–H and O–H groups in total. The summed E-state index contributed by atoms with van der Waals surface area (Å²) >= 11 is 3.81. The van der Waals surface area contributed by atoms with Gasteiger partial charge in [-0.05, 0) is 84.3 Å². The Kier molecular flexibility index (Phi) is 15.3. The molecule has 2 nitrogen and oxygen atoms in total. The third-order valence-electron chi connectivity index (χ3n) is 11.2. The van der Waals surface area contributed by atoms with Crippen molar-refractivity contribution in [1.29, 1.82) is 0 Å². The highest BCUT2D eigenvalue weighted by atomic mass is 32.1. The van der Waals surface area contributed by atoms with Gasteiger partial charge in [0.1, 0.15) is 0 Å². The highest BCUT2D eigenvalue weighted by Crippen LogP contribution is 2.44. The van der Waals surface area contributed by atoms with Crippen LogP contribution >= 0.6 is 22.7 Å². The SMILES string of the molecule is C=CC=C(C=C)C(C)(C)c1cc(CCCCCCCC)c(-c2ccc3nc(-c4sc(C(C)(C)c5ccccc5)cc4CCCCCCCC)ccc3n2)s1. The van der Waals surface area contributed by atoms with E-state index in [1.807, 2.05) is 34.8 Å². The van der Waals surface area contributed by atoms with Gasteiger partial charge in [-0.25, -0.2) is 9.97 Å². The highest BCUT2D eigenvalue weighted by molar-refractivity contribution is 7.16. The summed E-state index contributed by atoms with van der Waals surface area (Å²) in [6.07, 6.45) is 23.6. The Morgan fingerprint density at radius 3 is 1.59 bits per heavy atom. The molecule has 54 heavy (non-hydrogen) atoms. The lowest BCUT2D eigenvalue weighted by atomic mass is 9.82. The van der Waals surface area contributed by atoms with E-state index in [1.54, 1.807) is 0 Å². The standard InChI is InChI=1S/C50H64N2S2/c1-9-13-15-17-19-22-27-37-35-45(49(5,6)39(12-4)26-11-3)53-47(37)43-33-31-42-41(51-43)32-34-44(52-42)48-38(28-23-20-18-16-14-10-2)36-46(54-48)50(7,8)40-29-24-21-25-30-40/h11-12,21,24-26,29-36H,3-4,9-10,13-20,22-23,27-28H2,1-2,5-8H3. The van der Waals surface area contributed by atoms with Crippen molar-refractivity contribution in [2.75, 3.05) is 0 Å². The Bertz CT molecular complexity index is 1990. The molecular weight excluding hydrogens is 693 g/mol. The average Bonchev–Trinajstić information content (AvgIpc) is 3.82. The lowest BCUT2D eigenvalue weighted by Crippen LogP contribution is -2.17. The molecule has 286 valence electrons. The van der Waals surface area contributed by atoms with Gasteiger partial charge < -0.3 is 0 Å². The van der Waals surface area contributed by atoms with Crippen LogP contribution in [-0.2, 0) is 23.7 Å². The second-order valence-corrected chi connectivity index (χ2v) is 18.2. The lowest BCUT2D eigenvalue weighted by molar-refractivity contribution is 0.607. The number of allylic oxidation sites excluding steroid dienone is 4. The fourth-order valence-corrected chi connectivity index (χ4v) is 10.1. The van der Waals surface area contributed by atoms with Gasteiger partial charge in [0.15, 0.2) is 0 Å². The zero-order valence-corrected chi connectivity index (χ0v) is 35.7. The van der Waals surface area contributed by atoms with Gasteiger partial charge in [-0.1, -0.05) is 167 Å². The Labute approximate surface area is 335 Å². The number of rotatable bonds is 22. The van der Waals surface area contributed by atoms with Crippen LogP contribution in [0.5, 0.6) is 0 Å². The number of fused-ring (bicyclic) bond motifs is 1. The van der Waals surface area contributed by atoms with Crippen molar-refractivity contribution in [1.82, 2.24) is 9.97 Å². The van der Waals surface area contributed by atoms with Crippen molar-refractivity contribution in [2.24, 2.45) is 0 Å². The van der Waals surface area contributed by atoms with Crippen LogP contribution in [0.15, 0.2) is 104 Å². The van der Waals surface area contributed by atoms with Crippen molar-refractivity contribution in [2.45, 2.75) is 142 Å². The molecule has 0 aliphatic rings. The largest absolute Gasteiger partial charge is 0.245 e. The van der Waals surface area contributed by atoms with Crippen LogP contribution < -0.4 is 0 Å². The van der Waals surface area contributed by atoms with Crippen LogP contribution in [0.3, 0.4) is 0 Å². The molecule has 0 saturated carbocycles. The predicted molar refractivity (Wildman–Crippen MR) is 240 cm³/mol. The van der Waals surface area contributed by atoms with Crippen molar-refractivity contribution in [3.63, 3.8) is 0 Å². The van der Waals surface area contributed by atoms with Gasteiger partial charge >= 0.3 is 0 Å². The third-order valence-corrected chi connectivity index (χ3v) is 14.2. The van der Waals surface area contributed by atoms with E-state index in [-0.39, 0.29) is 10.8 Å². The molecule has 0 unspecified atom stereocenters. The van der Waals surface area contributed by atoms with Crippen LogP contribution in [0, 0.1) is 0 Å². The topological polar surface area (TPSA) is 25.8 Å². The second kappa shape index (κ2) is 19.8. The van der Waals surface area contributed by atoms with Crippen molar-refractivity contribution < 1.29 is 0 Å². The van der Waals surface area contributed by atoms with Crippen LogP contribution in [0.1, 0.15) is 145 Å². The highest BCUT2D eigenvalue weighted by Gasteiger charge is 2.29. The lowest BCUT2D eigenvalue weighted by Gasteiger charge is -2.25. The average molecular weight is 757 g/mol. The van der Waals surface area contributed by atoms with E-state index in [4.69, 9.17) is 9.97 Å². The van der Waals surface area contributed by atoms with Crippen molar-refractivity contribution >= 4 is 33.7 Å². The molecule has 0 spiro atoms. The molecule has 0 bridgehead atoms. The number of benzene rings is 1. The molecule has 0 atom stereocenters. The zero-order chi connectivity index (χ0) is 38.6. The first kappa shape index (κ1) is 41.6. The maximum absolute atomic E-state index is 5.31. The maximum atomic E-state index is 5.31. The minimum absolute atomic E-state index is 0.0807. The molecule has 4 heteroatoms. The van der Waals surface area contributed by atoms with Gasteiger partial charge in [-0.15, -0.1) is 22.7 Å². The number of aromatic nitrogens is 2. The molecule has 0 saturated heterocycles. The van der Waals surface area contributed by atoms with E-state index < -0.39 is 0 Å². The Hall–Kier alpha value is -3.60. The number of hydrogen-bond donors (Lipinski definition) is 0. The van der Waals surface area contributed by atoms with E-state index in [2.05, 4.69) is 128 Å². The summed E-state index contributed by atoms with van der Waals surface area (Å²) in [6, 6.07) is 24.7. The number of thiophene rings is 2. The molecule has 4 heterocycles. The van der Waals surface area contributed by atoms with E-state index in [0.717, 1.165) is 35.3 Å². The summed E-state index contributed by atoms with van der Waals surface area (Å²) in [6.45, 7) is 22.0. The second-order valence-electron chi connectivity index (χ2n) is 16.1. The molecule has 5 aromatic rings. The van der Waals surface area contributed by atoms with Crippen LogP contribution in [-0.4, -0.2) is 9.97 Å². The Morgan fingerprint density at radius 2 is 1.09 bits per heavy atom. The fourth-order valence-electron chi connectivity index (χ4n) is 7.53. The first-order chi connectivity index (χ1) is 26.1. The van der Waals surface area contributed by atoms with Gasteiger partial charge in [0.2, 0.25) is 0 Å². The van der Waals surface area contributed by atoms with E-state index >= 15 is 0 Å². The summed E-state index contributed by atoms with van der Waals surface area (Å²) in [7, 11) is 0. The minimum Gasteiger partial charge on any atom is -0.245 e. The Morgan fingerprint density at radius 1 is 0.611 bits per heavy atom. The number of unbranched alkanes of at least 4 members (excludes halogenated alkanes) is 10. The zero-order valence-electron chi connectivity index (χ0n) is 34.1. The van der Waals surface area contributed by atoms with Gasteiger partial charge in [-0.3, -0.25) is 0 Å². The van der Waals surface area contributed by atoms with Crippen LogP contribution in [0.25, 0.3) is 32.2 Å². The molecule has 0 aliphatic carbocycles. The maximum Gasteiger partial charge on any atom is 0.0895 e. The minimum atomic E-state index is -0.177. The molecule has 0 radical (unpaired) electrons. The molecule has 0 amide bonds. The van der Waals surface area contributed by atoms with Crippen molar-refractivity contribution in [3.05, 3.63) is 130 Å². The van der Waals surface area contributed by atoms with Crippen LogP contribution in [0.2, 0.25) is 0 Å². The molecule has 0 aliphatic heterocycles. The molecule has 0 fully saturated rings. The quantitative estimate of drug-likeness (QED) is 0.0519. The summed E-state index contributed by atoms with van der Waals surface area (Å²) in [5.41, 5.74) is 9.13. The van der Waals surface area contributed by atoms with Gasteiger partial charge in [0.25, 0.3) is 0 Å². The fraction of sp³-hybridized carbons (Fsp3) is 0.440. The monoisotopic (exact) mass is 756 g/mol. The molecule has 5 rings (SSSR count). The smallest absolute Gasteiger partial charge is 0.0895 e. The Balaban J connectivity index is 1.48. The first-order valence-electron chi connectivity index (χ1n) is 20.7.